The van der Waals surface area contributed by atoms with E-state index < -0.39 is 0 Å². The smallest absolute Gasteiger partial charge is 0.258 e. The molecule has 0 atom stereocenters. The Bertz CT molecular complexity index is 4300. The largest absolute Gasteiger partial charge is 0.495 e. The Morgan fingerprint density at radius 2 is 0.606 bits per heavy atom. The van der Waals surface area contributed by atoms with Crippen molar-refractivity contribution >= 4 is 61.4 Å². The van der Waals surface area contributed by atoms with Crippen molar-refractivity contribution in [1.82, 2.24) is 35.2 Å². The molecule has 25 heteroatoms. The van der Waals surface area contributed by atoms with Gasteiger partial charge < -0.3 is 91.6 Å². The highest BCUT2D eigenvalue weighted by molar-refractivity contribution is 5.94. The number of ether oxygens (including phenoxy) is 12. The first-order valence-corrected chi connectivity index (χ1v) is 38.3. The number of fused-ring (bicyclic) bond motifs is 3. The third-order valence-corrected chi connectivity index (χ3v) is 22.3. The summed E-state index contributed by atoms with van der Waals surface area (Å²) in [5, 5.41) is 5.84. The molecular weight excluding hydrogens is 1380 g/mol. The van der Waals surface area contributed by atoms with Crippen LogP contribution in [0.3, 0.4) is 0 Å². The van der Waals surface area contributed by atoms with Crippen LogP contribution in [-0.2, 0) is 14.2 Å². The van der Waals surface area contributed by atoms with Gasteiger partial charge in [0.2, 0.25) is 0 Å². The fourth-order valence-corrected chi connectivity index (χ4v) is 16.0. The van der Waals surface area contributed by atoms with Crippen LogP contribution in [0.15, 0.2) is 114 Å². The van der Waals surface area contributed by atoms with E-state index in [2.05, 4.69) is 76.2 Å². The zero-order valence-corrected chi connectivity index (χ0v) is 65.6. The summed E-state index contributed by atoms with van der Waals surface area (Å²) in [6.45, 7) is 11.2. The standard InChI is InChI=1S/2C28H36N4O4.C17H22N2O4.C11H16N2O/c2*1-33-20-11-9-19(10-12-20)27-29-22-18-26(36-4)25(35-3)17-21(22)28(30-27)32-15-13-31(14-16-32)23-7-5-6-8-24(23)34-2;1-21-11-6-4-10(5-7-11)16-18-13-9-15(23-3)14(22-2)8-12(13)17(20)19-16;1-14-11-5-3-2-4-10(11)13-8-6-12-7-9-13/h2*5-8,17-20H,9-16H2,1-4H3;8-11H,4-7H2,1-3H3,(H,18,19,20);2-5,12H,6-9H2,1H3. The van der Waals surface area contributed by atoms with Gasteiger partial charge in [-0.15, -0.1) is 0 Å². The molecule has 0 bridgehead atoms. The minimum atomic E-state index is -0.139. The Balaban J connectivity index is 0.000000143. The molecule has 3 aliphatic carbocycles. The molecule has 6 aromatic carbocycles. The van der Waals surface area contributed by atoms with Crippen molar-refractivity contribution in [2.75, 3.05) is 188 Å². The van der Waals surface area contributed by atoms with Crippen LogP contribution in [0.5, 0.6) is 51.7 Å². The average molecular weight is 1500 g/mol. The van der Waals surface area contributed by atoms with Crippen LogP contribution >= 0.6 is 0 Å². The first kappa shape index (κ1) is 78.8. The topological polar surface area (TPSA) is 236 Å². The van der Waals surface area contributed by atoms with E-state index in [0.29, 0.717) is 75.5 Å². The molecule has 0 radical (unpaired) electrons. The summed E-state index contributed by atoms with van der Waals surface area (Å²) in [5.74, 6) is 12.1. The van der Waals surface area contributed by atoms with Crippen LogP contribution in [0.1, 0.15) is 112 Å². The molecule has 0 spiro atoms. The van der Waals surface area contributed by atoms with Crippen LogP contribution < -0.4 is 78.0 Å². The first-order chi connectivity index (χ1) is 53.4. The molecule has 9 aromatic rings. The molecule has 6 aliphatic rings. The van der Waals surface area contributed by atoms with Crippen molar-refractivity contribution in [2.24, 2.45) is 0 Å². The lowest BCUT2D eigenvalue weighted by atomic mass is 9.86. The molecule has 3 aromatic heterocycles. The van der Waals surface area contributed by atoms with E-state index in [4.69, 9.17) is 76.8 Å². The molecule has 3 saturated heterocycles. The predicted molar refractivity (Wildman–Crippen MR) is 430 cm³/mol. The third kappa shape index (κ3) is 18.6. The average Bonchev–Trinajstić information content (AvgIpc) is 0.777. The fourth-order valence-electron chi connectivity index (χ4n) is 16.0. The Morgan fingerprint density at radius 3 is 0.945 bits per heavy atom. The number of rotatable bonds is 20. The van der Waals surface area contributed by atoms with Crippen LogP contribution in [-0.4, -0.2) is 212 Å². The molecule has 3 saturated carbocycles. The summed E-state index contributed by atoms with van der Waals surface area (Å²) >= 11 is 0. The van der Waals surface area contributed by atoms with E-state index >= 15 is 0 Å². The van der Waals surface area contributed by atoms with E-state index in [1.54, 1.807) is 97.5 Å². The molecular formula is C84H110N12O13. The van der Waals surface area contributed by atoms with Crippen molar-refractivity contribution in [2.45, 2.75) is 113 Å². The summed E-state index contributed by atoms with van der Waals surface area (Å²) in [4.78, 5) is 52.4. The van der Waals surface area contributed by atoms with Gasteiger partial charge in [0.05, 0.1) is 121 Å². The highest BCUT2D eigenvalue weighted by atomic mass is 16.5. The summed E-state index contributed by atoms with van der Waals surface area (Å²) in [6, 6.07) is 36.0. The van der Waals surface area contributed by atoms with E-state index in [1.807, 2.05) is 60.7 Å². The van der Waals surface area contributed by atoms with E-state index in [1.165, 1.54) is 5.69 Å². The van der Waals surface area contributed by atoms with Gasteiger partial charge in [-0.1, -0.05) is 36.4 Å². The first-order valence-electron chi connectivity index (χ1n) is 38.3. The normalized spacial score (nSPS) is 20.2. The number of nitrogens with zero attached hydrogens (tertiary/aromatic N) is 10. The van der Waals surface area contributed by atoms with Crippen molar-refractivity contribution in [3.05, 3.63) is 137 Å². The number of anilines is 5. The molecule has 3 aliphatic heterocycles. The highest BCUT2D eigenvalue weighted by Gasteiger charge is 2.32. The molecule has 584 valence electrons. The number of benzene rings is 6. The monoisotopic (exact) mass is 1490 g/mol. The number of aromatic nitrogens is 6. The van der Waals surface area contributed by atoms with Crippen molar-refractivity contribution in [1.29, 1.82) is 0 Å². The number of hydrogen-bond donors (Lipinski definition) is 2. The number of hydrogen-bond acceptors (Lipinski definition) is 24. The lowest BCUT2D eigenvalue weighted by Crippen LogP contribution is -2.47. The zero-order valence-electron chi connectivity index (χ0n) is 65.6. The van der Waals surface area contributed by atoms with E-state index in [0.717, 1.165) is 235 Å². The van der Waals surface area contributed by atoms with Crippen molar-refractivity contribution in [3.8, 4) is 51.7 Å². The van der Waals surface area contributed by atoms with Gasteiger partial charge in [0.15, 0.2) is 34.5 Å². The van der Waals surface area contributed by atoms with Crippen LogP contribution in [0.2, 0.25) is 0 Å². The van der Waals surface area contributed by atoms with Gasteiger partial charge in [0, 0.05) is 147 Å². The molecule has 0 amide bonds. The van der Waals surface area contributed by atoms with Crippen molar-refractivity contribution < 1.29 is 56.8 Å². The van der Waals surface area contributed by atoms with Gasteiger partial charge in [-0.3, -0.25) is 4.79 Å². The molecule has 15 rings (SSSR count). The van der Waals surface area contributed by atoms with Gasteiger partial charge in [-0.2, -0.15) is 0 Å². The second-order valence-electron chi connectivity index (χ2n) is 28.3. The molecule has 6 heterocycles. The summed E-state index contributed by atoms with van der Waals surface area (Å²) in [5.41, 5.74) is 5.76. The number of piperazine rings is 3. The fraction of sp³-hybridized carbons (Fsp3) is 0.500. The maximum absolute atomic E-state index is 12.4. The van der Waals surface area contributed by atoms with Gasteiger partial charge in [0.1, 0.15) is 46.4 Å². The lowest BCUT2D eigenvalue weighted by molar-refractivity contribution is 0.0650. The number of para-hydroxylation sites is 6. The van der Waals surface area contributed by atoms with Crippen molar-refractivity contribution in [3.63, 3.8) is 0 Å². The molecule has 2 N–H and O–H groups in total. The lowest BCUT2D eigenvalue weighted by Gasteiger charge is -2.38. The Kier molecular flexibility index (Phi) is 27.5. The van der Waals surface area contributed by atoms with Gasteiger partial charge >= 0.3 is 0 Å². The second kappa shape index (κ2) is 38.0. The maximum Gasteiger partial charge on any atom is 0.258 e. The van der Waals surface area contributed by atoms with Crippen LogP contribution in [0.25, 0.3) is 32.7 Å². The third-order valence-electron chi connectivity index (χ3n) is 22.3. The highest BCUT2D eigenvalue weighted by Crippen LogP contribution is 2.43. The Hall–Kier alpha value is -9.82. The second-order valence-corrected chi connectivity index (χ2v) is 28.3. The number of aromatic amines is 1. The van der Waals surface area contributed by atoms with Crippen LogP contribution in [0, 0.1) is 0 Å². The number of nitrogens with one attached hydrogen (secondary N) is 2. The molecule has 6 fully saturated rings. The zero-order chi connectivity index (χ0) is 76.3. The van der Waals surface area contributed by atoms with E-state index in [-0.39, 0.29) is 11.5 Å². The summed E-state index contributed by atoms with van der Waals surface area (Å²) in [6.07, 6.45) is 13.3. The SMILES string of the molecule is COc1cc2nc(C3CCC(OC)CC3)[nH]c(=O)c2cc1OC.COc1cc2nc(C3CCC(OC)CC3)nc(N3CCN(c4ccccc4OC)CC3)c2cc1OC.COc1cc2nc(C3CCC(OC)CC3)nc(N3CCN(c4ccccc4OC)CC3)c2cc1OC.COc1ccccc1N1CCNCC1. The molecule has 25 nitrogen and oxygen atoms in total. The van der Waals surface area contributed by atoms with E-state index in [9.17, 15) is 4.79 Å². The van der Waals surface area contributed by atoms with Gasteiger partial charge in [0.25, 0.3) is 5.56 Å². The Labute approximate surface area is 640 Å². The predicted octanol–water partition coefficient (Wildman–Crippen LogP) is 13.0. The number of H-pyrrole nitrogens is 1. The quantitative estimate of drug-likeness (QED) is 0.0721. The van der Waals surface area contributed by atoms with Gasteiger partial charge in [-0.05, 0) is 132 Å². The van der Waals surface area contributed by atoms with Gasteiger partial charge in [-0.25, -0.2) is 24.9 Å². The summed E-state index contributed by atoms with van der Waals surface area (Å²) in [7, 11) is 20.3. The molecule has 0 unspecified atom stereocenters. The minimum Gasteiger partial charge on any atom is -0.495 e. The molecule has 109 heavy (non-hydrogen) atoms. The maximum atomic E-state index is 12.4. The van der Waals surface area contributed by atoms with Crippen LogP contribution in [0.4, 0.5) is 28.7 Å². The number of methoxy groups -OCH3 is 12. The summed E-state index contributed by atoms with van der Waals surface area (Å²) < 4.78 is 66.1. The Morgan fingerprint density at radius 1 is 0.312 bits per heavy atom. The minimum absolute atomic E-state index is 0.139.